The Morgan fingerprint density at radius 3 is 1.38 bits per heavy atom. The molecule has 2 rings (SSSR count). The van der Waals surface area contributed by atoms with Crippen molar-refractivity contribution in [1.29, 1.82) is 0 Å². The molecule has 0 aliphatic heterocycles. The smallest absolute Gasteiger partial charge is 0.0776 e. The van der Waals surface area contributed by atoms with E-state index in [1.165, 1.54) is 20.6 Å². The van der Waals surface area contributed by atoms with Gasteiger partial charge in [0.05, 0.1) is 22.0 Å². The molecule has 0 fully saturated rings. The summed E-state index contributed by atoms with van der Waals surface area (Å²) >= 11 is 0. The largest absolute Gasteiger partial charge is 0.0881 e. The molecule has 16 heavy (non-hydrogen) atoms. The summed E-state index contributed by atoms with van der Waals surface area (Å²) in [5.41, 5.74) is 0. The summed E-state index contributed by atoms with van der Waals surface area (Å²) in [7, 11) is 4.94. The van der Waals surface area contributed by atoms with Gasteiger partial charge in [0.25, 0.3) is 0 Å². The Hall–Kier alpha value is -0.131. The topological polar surface area (TPSA) is 0 Å². The molecule has 0 aromatic rings. The third-order valence-corrected chi connectivity index (χ3v) is 2.02. The van der Waals surface area contributed by atoms with Crippen LogP contribution in [0, 0.1) is 0 Å². The molecule has 0 heterocycles. The first-order chi connectivity index (χ1) is 7.41. The van der Waals surface area contributed by atoms with Gasteiger partial charge in [0, 0.05) is 21.7 Å². The van der Waals surface area contributed by atoms with Crippen LogP contribution < -0.4 is 0 Å². The quantitative estimate of drug-likeness (QED) is 0.651. The molecule has 82 valence electrons. The summed E-state index contributed by atoms with van der Waals surface area (Å²) in [5, 5.41) is 0. The van der Waals surface area contributed by atoms with Gasteiger partial charge in [-0.05, 0) is 12.8 Å². The van der Waals surface area contributed by atoms with Crippen molar-refractivity contribution in [2.45, 2.75) is 26.1 Å². The van der Waals surface area contributed by atoms with E-state index in [2.05, 4.69) is 63.3 Å². The minimum Gasteiger partial charge on any atom is -0.0881 e. The standard InChI is InChI=1S/2C5H6.C2H9B3.Ti/c2*1-2-4-5-3-1;1-2-4-5-3;/h2*1-4H,5H2;4-5H,2-3H2,1H3;. The SMILES string of the molecule is BBBCC.C1=CCC=C1.C1=CCC=C1.[Ti]. The maximum Gasteiger partial charge on any atom is 0.0776 e. The van der Waals surface area contributed by atoms with Crippen LogP contribution in [0.5, 0.6) is 0 Å². The number of rotatable bonds is 2. The van der Waals surface area contributed by atoms with Crippen molar-refractivity contribution in [3.05, 3.63) is 48.6 Å². The van der Waals surface area contributed by atoms with Gasteiger partial charge in [-0.1, -0.05) is 61.9 Å². The molecule has 0 saturated heterocycles. The fourth-order valence-corrected chi connectivity index (χ4v) is 1.14. The average Bonchev–Trinajstić information content (AvgIpc) is 2.99. The van der Waals surface area contributed by atoms with Crippen LogP contribution in [0.25, 0.3) is 0 Å². The molecule has 0 atom stereocenters. The molecule has 0 unspecified atom stereocenters. The van der Waals surface area contributed by atoms with Gasteiger partial charge in [0.1, 0.15) is 0 Å². The molecule has 2 aliphatic rings. The maximum absolute atomic E-state index is 2.21. The summed E-state index contributed by atoms with van der Waals surface area (Å²) in [6.45, 7) is 2.21. The Bertz CT molecular complexity index is 188. The van der Waals surface area contributed by atoms with Crippen LogP contribution in [0.3, 0.4) is 0 Å². The molecule has 0 aromatic carbocycles. The molecule has 0 amide bonds. The van der Waals surface area contributed by atoms with E-state index >= 15 is 0 Å². The van der Waals surface area contributed by atoms with Crippen molar-refractivity contribution in [2.24, 2.45) is 0 Å². The molecule has 0 radical (unpaired) electrons. The summed E-state index contributed by atoms with van der Waals surface area (Å²) in [6, 6.07) is 0. The molecular weight excluding hydrogens is 224 g/mol. The van der Waals surface area contributed by atoms with Gasteiger partial charge >= 0.3 is 0 Å². The number of hydrogen-bond donors (Lipinski definition) is 0. The molecule has 0 N–H and O–H groups in total. The Morgan fingerprint density at radius 1 is 0.938 bits per heavy atom. The van der Waals surface area contributed by atoms with Crippen molar-refractivity contribution >= 4 is 22.0 Å². The number of allylic oxidation sites excluding steroid dienone is 8. The number of hydrogen-bond acceptors (Lipinski definition) is 0. The first kappa shape index (κ1) is 18.2. The van der Waals surface area contributed by atoms with Crippen LogP contribution in [0.2, 0.25) is 6.32 Å². The fourth-order valence-electron chi connectivity index (χ4n) is 1.14. The van der Waals surface area contributed by atoms with Gasteiger partial charge in [0.2, 0.25) is 0 Å². The zero-order valence-corrected chi connectivity index (χ0v) is 12.2. The van der Waals surface area contributed by atoms with Crippen molar-refractivity contribution in [3.63, 3.8) is 0 Å². The summed E-state index contributed by atoms with van der Waals surface area (Å²) in [5.74, 6) is 0. The van der Waals surface area contributed by atoms with Crippen LogP contribution >= 0.6 is 0 Å². The Balaban J connectivity index is 0. The van der Waals surface area contributed by atoms with Gasteiger partial charge in [0.15, 0.2) is 0 Å². The van der Waals surface area contributed by atoms with E-state index in [0.29, 0.717) is 0 Å². The molecule has 4 heteroatoms. The molecule has 0 aromatic heterocycles. The normalized spacial score (nSPS) is 13.1. The molecular formula is C12H21B3Ti. The molecule has 0 spiro atoms. The van der Waals surface area contributed by atoms with Crippen molar-refractivity contribution in [3.8, 4) is 0 Å². The Labute approximate surface area is 118 Å². The fraction of sp³-hybridized carbons (Fsp3) is 0.333. The third kappa shape index (κ3) is 16.3. The third-order valence-electron chi connectivity index (χ3n) is 2.02. The van der Waals surface area contributed by atoms with Gasteiger partial charge in [-0.15, -0.1) is 0 Å². The zero-order chi connectivity index (χ0) is 11.2. The predicted octanol–water partition coefficient (Wildman–Crippen LogP) is 1.76. The second-order valence-electron chi connectivity index (χ2n) is 3.54. The molecule has 0 saturated carbocycles. The van der Waals surface area contributed by atoms with Gasteiger partial charge in [-0.25, -0.2) is 0 Å². The summed E-state index contributed by atoms with van der Waals surface area (Å²) in [6.07, 6.45) is 20.3. The first-order valence-corrected chi connectivity index (χ1v) is 6.05. The maximum atomic E-state index is 2.21. The monoisotopic (exact) mass is 246 g/mol. The second-order valence-corrected chi connectivity index (χ2v) is 3.54. The van der Waals surface area contributed by atoms with Crippen LogP contribution in [-0.4, -0.2) is 22.0 Å². The van der Waals surface area contributed by atoms with E-state index in [-0.39, 0.29) is 21.7 Å². The van der Waals surface area contributed by atoms with E-state index < -0.39 is 0 Å². The van der Waals surface area contributed by atoms with Crippen molar-refractivity contribution in [2.75, 3.05) is 0 Å². The van der Waals surface area contributed by atoms with E-state index in [1.54, 1.807) is 0 Å². The summed E-state index contributed by atoms with van der Waals surface area (Å²) < 4.78 is 0. The van der Waals surface area contributed by atoms with E-state index in [0.717, 1.165) is 12.8 Å². The minimum atomic E-state index is 0. The van der Waals surface area contributed by atoms with Crippen LogP contribution in [-0.2, 0) is 21.7 Å². The molecule has 0 nitrogen and oxygen atoms in total. The Kier molecular flexibility index (Phi) is 19.7. The van der Waals surface area contributed by atoms with E-state index in [1.807, 2.05) is 0 Å². The molecule has 2 aliphatic carbocycles. The van der Waals surface area contributed by atoms with Crippen LogP contribution in [0.1, 0.15) is 19.8 Å². The summed E-state index contributed by atoms with van der Waals surface area (Å²) in [4.78, 5) is 0. The van der Waals surface area contributed by atoms with Gasteiger partial charge < -0.3 is 0 Å². The van der Waals surface area contributed by atoms with Gasteiger partial charge in [-0.3, -0.25) is 0 Å². The van der Waals surface area contributed by atoms with Crippen LogP contribution in [0.15, 0.2) is 48.6 Å². The van der Waals surface area contributed by atoms with Crippen LogP contribution in [0.4, 0.5) is 0 Å². The molecule has 0 bridgehead atoms. The second kappa shape index (κ2) is 17.3. The first-order valence-electron chi connectivity index (χ1n) is 6.05. The van der Waals surface area contributed by atoms with E-state index in [9.17, 15) is 0 Å². The average molecular weight is 246 g/mol. The Morgan fingerprint density at radius 2 is 1.31 bits per heavy atom. The van der Waals surface area contributed by atoms with Crippen molar-refractivity contribution in [1.82, 2.24) is 0 Å². The predicted molar refractivity (Wildman–Crippen MR) is 79.1 cm³/mol. The zero-order valence-electron chi connectivity index (χ0n) is 10.7. The minimum absolute atomic E-state index is 0. The van der Waals surface area contributed by atoms with E-state index in [4.69, 9.17) is 0 Å². The van der Waals surface area contributed by atoms with Gasteiger partial charge in [-0.2, -0.15) is 0 Å². The van der Waals surface area contributed by atoms with Crippen molar-refractivity contribution < 1.29 is 21.7 Å².